The number of benzene rings is 6. The Labute approximate surface area is 384 Å². The van der Waals surface area contributed by atoms with E-state index in [1.54, 1.807) is 18.2 Å². The number of nitrogens with zero attached hydrogens (tertiary/aromatic N) is 3. The maximum atomic E-state index is 11.8. The molecule has 0 amide bonds. The van der Waals surface area contributed by atoms with E-state index in [-0.39, 0.29) is 71.2 Å². The largest absolute Gasteiger partial charge is 0.507 e. The van der Waals surface area contributed by atoms with Gasteiger partial charge in [0.2, 0.25) is 0 Å². The van der Waals surface area contributed by atoms with Gasteiger partial charge in [-0.2, -0.15) is 0 Å². The number of rotatable bonds is 6. The van der Waals surface area contributed by atoms with Crippen molar-refractivity contribution in [3.63, 3.8) is 0 Å². The minimum atomic E-state index is -3.66. The van der Waals surface area contributed by atoms with Gasteiger partial charge in [0.25, 0.3) is 0 Å². The molecule has 0 atom stereocenters. The smallest absolute Gasteiger partial charge is 0.148 e. The normalized spacial score (nSPS) is 16.2. The summed E-state index contributed by atoms with van der Waals surface area (Å²) in [7, 11) is 0. The van der Waals surface area contributed by atoms with Gasteiger partial charge in [0, 0.05) is 50.9 Å². The van der Waals surface area contributed by atoms with Crippen LogP contribution in [0.15, 0.2) is 146 Å². The summed E-state index contributed by atoms with van der Waals surface area (Å²) >= 11 is 0. The van der Waals surface area contributed by atoms with Gasteiger partial charge in [-0.3, -0.25) is 9.55 Å². The van der Waals surface area contributed by atoms with Crippen molar-refractivity contribution in [2.24, 2.45) is 0 Å². The van der Waals surface area contributed by atoms with E-state index in [0.29, 0.717) is 28.1 Å². The first-order chi connectivity index (χ1) is 33.4. The number of aromatic nitrogens is 3. The summed E-state index contributed by atoms with van der Waals surface area (Å²) in [6.07, 6.45) is 1.30. The standard InChI is InChI=1S/C54H52N3O.Pt/c1-52(2,3)40-23-25-47(44(33-40)36-19-14-11-15-20-36)57-48-22-16-21-43(50(48)56-51(57)45-34-41(53(4,5)6)24-26-49(45)58)38-29-39(31-42(30-38)54(7,8)9)46-32-37(27-28-55-46)35-17-12-10-13-18-35;/h10-28,30-34,58H,1-9H3;/q-1;/i7D3,8D3,9D3,10D,12D,13D,17D,18D;. The van der Waals surface area contributed by atoms with Crippen LogP contribution in [0.2, 0.25) is 0 Å². The zero-order chi connectivity index (χ0) is 52.8. The van der Waals surface area contributed by atoms with Crippen molar-refractivity contribution in [3.05, 3.63) is 168 Å². The maximum Gasteiger partial charge on any atom is 0.148 e. The fourth-order valence-electron chi connectivity index (χ4n) is 7.17. The van der Waals surface area contributed by atoms with Crippen LogP contribution >= 0.6 is 0 Å². The number of para-hydroxylation sites is 1. The SMILES string of the molecule is [2H]c1c([2H])c([2H])c(-c2ccnc(-c3[c-]c(-c4cccc5c4nc(-c4cc(C(C)(C)C)ccc4O)n5-c4ccc(C(C)(C)C)cc4-c4ccccc4)cc(C(C([2H])([2H])[2H])(C([2H])([2H])[2H])C([2H])([2H])[2H])c3)c2)c([2H])c1[2H].[Pt]. The van der Waals surface area contributed by atoms with Gasteiger partial charge in [-0.15, -0.1) is 29.3 Å². The molecule has 300 valence electrons. The third kappa shape index (κ3) is 8.34. The Morgan fingerprint density at radius 3 is 1.98 bits per heavy atom. The molecule has 0 aliphatic carbocycles. The summed E-state index contributed by atoms with van der Waals surface area (Å²) in [5, 5.41) is 11.8. The Morgan fingerprint density at radius 1 is 0.610 bits per heavy atom. The van der Waals surface area contributed by atoms with Crippen LogP contribution in [0.4, 0.5) is 0 Å². The third-order valence-electron chi connectivity index (χ3n) is 10.4. The van der Waals surface area contributed by atoms with Crippen LogP contribution in [-0.2, 0) is 37.3 Å². The van der Waals surface area contributed by atoms with Crippen molar-refractivity contribution in [1.82, 2.24) is 14.5 Å². The first kappa shape index (κ1) is 27.2. The van der Waals surface area contributed by atoms with E-state index in [9.17, 15) is 5.11 Å². The second-order valence-electron chi connectivity index (χ2n) is 16.7. The average molecular weight is 968 g/mol. The van der Waals surface area contributed by atoms with Crippen molar-refractivity contribution in [2.75, 3.05) is 0 Å². The summed E-state index contributed by atoms with van der Waals surface area (Å²) in [6.45, 7) is 1.54. The molecule has 0 spiro atoms. The molecule has 0 aliphatic rings. The van der Waals surface area contributed by atoms with Gasteiger partial charge in [0.1, 0.15) is 11.6 Å². The minimum absolute atomic E-state index is 0. The Morgan fingerprint density at radius 2 is 1.29 bits per heavy atom. The quantitative estimate of drug-likeness (QED) is 0.169. The van der Waals surface area contributed by atoms with Gasteiger partial charge in [-0.25, -0.2) is 4.98 Å². The summed E-state index contributed by atoms with van der Waals surface area (Å²) in [4.78, 5) is 9.81. The van der Waals surface area contributed by atoms with Gasteiger partial charge in [-0.05, 0) is 80.5 Å². The second kappa shape index (κ2) is 15.9. The minimum Gasteiger partial charge on any atom is -0.507 e. The van der Waals surface area contributed by atoms with Crippen molar-refractivity contribution in [2.45, 2.75) is 78.3 Å². The van der Waals surface area contributed by atoms with Crippen molar-refractivity contribution < 1.29 is 45.4 Å². The number of aromatic hydroxyl groups is 1. The first-order valence-corrected chi connectivity index (χ1v) is 19.1. The van der Waals surface area contributed by atoms with E-state index in [1.807, 2.05) is 65.2 Å². The molecule has 1 N–H and O–H groups in total. The molecule has 8 aromatic rings. The molecule has 5 heteroatoms. The van der Waals surface area contributed by atoms with Crippen LogP contribution in [0, 0.1) is 6.07 Å². The van der Waals surface area contributed by atoms with Crippen LogP contribution < -0.4 is 0 Å². The van der Waals surface area contributed by atoms with E-state index >= 15 is 0 Å². The van der Waals surface area contributed by atoms with E-state index in [1.165, 1.54) is 24.4 Å². The van der Waals surface area contributed by atoms with Crippen LogP contribution in [0.1, 0.15) is 98.0 Å². The molecule has 0 aliphatic heterocycles. The summed E-state index contributed by atoms with van der Waals surface area (Å²) in [5.41, 5.74) is 1.15. The van der Waals surface area contributed by atoms with Gasteiger partial charge in [0.15, 0.2) is 0 Å². The van der Waals surface area contributed by atoms with Crippen LogP contribution in [0.25, 0.3) is 72.7 Å². The van der Waals surface area contributed by atoms with Gasteiger partial charge in [0.05, 0.1) is 29.1 Å². The Hall–Kier alpha value is -5.57. The predicted molar refractivity (Wildman–Crippen MR) is 243 cm³/mol. The number of phenols is 1. The number of hydrogen-bond donors (Lipinski definition) is 1. The molecule has 0 fully saturated rings. The molecule has 0 bridgehead atoms. The maximum absolute atomic E-state index is 11.8. The molecule has 6 aromatic carbocycles. The molecule has 59 heavy (non-hydrogen) atoms. The summed E-state index contributed by atoms with van der Waals surface area (Å²) in [6, 6.07) is 32.2. The molecule has 0 saturated carbocycles. The molecule has 0 unspecified atom stereocenters. The van der Waals surface area contributed by atoms with Gasteiger partial charge >= 0.3 is 0 Å². The number of pyridine rings is 1. The van der Waals surface area contributed by atoms with Crippen LogP contribution in [-0.4, -0.2) is 19.6 Å². The Kier molecular flexibility index (Phi) is 7.33. The fourth-order valence-corrected chi connectivity index (χ4v) is 7.17. The zero-order valence-electron chi connectivity index (χ0n) is 47.6. The monoisotopic (exact) mass is 967 g/mol. The number of fused-ring (bicyclic) bond motifs is 1. The Bertz CT molecular complexity index is 3360. The van der Waals surface area contributed by atoms with Crippen LogP contribution in [0.5, 0.6) is 5.75 Å². The second-order valence-corrected chi connectivity index (χ2v) is 16.7. The number of hydrogen-bond acceptors (Lipinski definition) is 3. The number of imidazole rings is 1. The van der Waals surface area contributed by atoms with E-state index in [2.05, 4.69) is 58.7 Å². The zero-order valence-corrected chi connectivity index (χ0v) is 35.8. The van der Waals surface area contributed by atoms with Crippen molar-refractivity contribution in [3.8, 4) is 67.5 Å². The molecule has 2 aromatic heterocycles. The molecular weight excluding hydrogens is 902 g/mol. The molecule has 2 heterocycles. The van der Waals surface area contributed by atoms with Crippen LogP contribution in [0.3, 0.4) is 0 Å². The fraction of sp³-hybridized carbons (Fsp3) is 0.222. The van der Waals surface area contributed by atoms with E-state index in [0.717, 1.165) is 28.3 Å². The summed E-state index contributed by atoms with van der Waals surface area (Å²) in [5.74, 6) is 0.264. The Balaban J connectivity index is 0.00000780. The molecular formula is C54H52N3OPt-. The van der Waals surface area contributed by atoms with Crippen molar-refractivity contribution in [1.29, 1.82) is 0 Å². The molecule has 0 radical (unpaired) electrons. The van der Waals surface area contributed by atoms with Crippen molar-refractivity contribution >= 4 is 11.0 Å². The molecule has 8 rings (SSSR count). The topological polar surface area (TPSA) is 50.9 Å². The van der Waals surface area contributed by atoms with Gasteiger partial charge in [-0.1, -0.05) is 164 Å². The third-order valence-corrected chi connectivity index (χ3v) is 10.4. The summed E-state index contributed by atoms with van der Waals surface area (Å²) < 4.78 is 123. The molecule has 0 saturated heterocycles. The first-order valence-electron chi connectivity index (χ1n) is 26.1. The van der Waals surface area contributed by atoms with Gasteiger partial charge < -0.3 is 5.11 Å². The van der Waals surface area contributed by atoms with E-state index < -0.39 is 61.7 Å². The predicted octanol–water partition coefficient (Wildman–Crippen LogP) is 14.2. The number of phenolic OH excluding ortho intramolecular Hbond substituents is 1. The molecule has 4 nitrogen and oxygen atoms in total. The average Bonchev–Trinajstić information content (AvgIpc) is 3.68. The van der Waals surface area contributed by atoms with E-state index in [4.69, 9.17) is 24.2 Å².